The van der Waals surface area contributed by atoms with Crippen LogP contribution in [0, 0.1) is 23.7 Å². The standard InChI is InChI=1S/C10H12O3/c11-4-7-8-5-1-2-6(3-5)9(8)10(12)13-7/h1-2,5-9,11H,3-4H2/t5-,6+,7-,8-,9-/m1/s1. The van der Waals surface area contributed by atoms with E-state index in [-0.39, 0.29) is 30.5 Å². The molecule has 3 aliphatic rings. The van der Waals surface area contributed by atoms with Gasteiger partial charge < -0.3 is 9.84 Å². The summed E-state index contributed by atoms with van der Waals surface area (Å²) in [4.78, 5) is 11.4. The molecule has 13 heavy (non-hydrogen) atoms. The number of hydrogen-bond donors (Lipinski definition) is 1. The number of aliphatic hydroxyl groups is 1. The van der Waals surface area contributed by atoms with Gasteiger partial charge in [-0.15, -0.1) is 0 Å². The molecule has 0 aromatic rings. The van der Waals surface area contributed by atoms with Crippen LogP contribution in [0.2, 0.25) is 0 Å². The summed E-state index contributed by atoms with van der Waals surface area (Å²) in [5.74, 6) is 1.07. The maximum atomic E-state index is 11.4. The Bertz CT molecular complexity index is 284. The van der Waals surface area contributed by atoms with Gasteiger partial charge in [-0.2, -0.15) is 0 Å². The molecule has 0 amide bonds. The fourth-order valence-electron chi connectivity index (χ4n) is 3.16. The number of cyclic esters (lactones) is 1. The van der Waals surface area contributed by atoms with E-state index in [2.05, 4.69) is 12.2 Å². The van der Waals surface area contributed by atoms with Crippen molar-refractivity contribution in [2.24, 2.45) is 23.7 Å². The summed E-state index contributed by atoms with van der Waals surface area (Å²) in [6.07, 6.45) is 5.15. The van der Waals surface area contributed by atoms with E-state index in [0.717, 1.165) is 6.42 Å². The molecule has 1 saturated heterocycles. The minimum atomic E-state index is -0.238. The average molecular weight is 180 g/mol. The maximum Gasteiger partial charge on any atom is 0.310 e. The van der Waals surface area contributed by atoms with Crippen LogP contribution in [0.15, 0.2) is 12.2 Å². The zero-order valence-electron chi connectivity index (χ0n) is 7.22. The number of aliphatic hydroxyl groups excluding tert-OH is 1. The van der Waals surface area contributed by atoms with Crippen LogP contribution in [0.1, 0.15) is 6.42 Å². The summed E-state index contributed by atoms with van der Waals surface area (Å²) in [6, 6.07) is 0. The van der Waals surface area contributed by atoms with Gasteiger partial charge in [0.15, 0.2) is 0 Å². The van der Waals surface area contributed by atoms with Crippen molar-refractivity contribution in [2.75, 3.05) is 6.61 Å². The largest absolute Gasteiger partial charge is 0.459 e. The highest BCUT2D eigenvalue weighted by Gasteiger charge is 2.57. The van der Waals surface area contributed by atoms with Crippen molar-refractivity contribution in [3.8, 4) is 0 Å². The predicted molar refractivity (Wildman–Crippen MR) is 44.7 cm³/mol. The minimum absolute atomic E-state index is 0.0238. The Morgan fingerprint density at radius 3 is 3.00 bits per heavy atom. The molecule has 1 aliphatic heterocycles. The van der Waals surface area contributed by atoms with Crippen molar-refractivity contribution >= 4 is 5.97 Å². The summed E-state index contributed by atoms with van der Waals surface area (Å²) in [7, 11) is 0. The van der Waals surface area contributed by atoms with Crippen LogP contribution >= 0.6 is 0 Å². The number of allylic oxidation sites excluding steroid dienone is 2. The summed E-state index contributed by atoms with van der Waals surface area (Å²) >= 11 is 0. The van der Waals surface area contributed by atoms with Crippen LogP contribution in [0.3, 0.4) is 0 Å². The SMILES string of the molecule is O=C1O[C@H](CO)[C@@H]2[C@H]1[C@H]1C=C[C@@H]2C1. The van der Waals surface area contributed by atoms with E-state index in [9.17, 15) is 4.79 Å². The van der Waals surface area contributed by atoms with E-state index in [1.165, 1.54) is 0 Å². The lowest BCUT2D eigenvalue weighted by molar-refractivity contribution is -0.146. The lowest BCUT2D eigenvalue weighted by atomic mass is 9.82. The van der Waals surface area contributed by atoms with Crippen molar-refractivity contribution in [2.45, 2.75) is 12.5 Å². The first kappa shape index (κ1) is 7.56. The van der Waals surface area contributed by atoms with E-state index in [1.807, 2.05) is 0 Å². The summed E-state index contributed by atoms with van der Waals surface area (Å²) < 4.78 is 5.13. The highest BCUT2D eigenvalue weighted by atomic mass is 16.6. The van der Waals surface area contributed by atoms with Crippen LogP contribution in [0.4, 0.5) is 0 Å². The number of carbonyl (C=O) groups excluding carboxylic acids is 1. The second kappa shape index (κ2) is 2.35. The molecule has 0 radical (unpaired) electrons. The number of rotatable bonds is 1. The first-order valence-corrected chi connectivity index (χ1v) is 4.81. The van der Waals surface area contributed by atoms with Crippen LogP contribution in [-0.2, 0) is 9.53 Å². The second-order valence-electron chi connectivity index (χ2n) is 4.21. The Kier molecular flexibility index (Phi) is 1.37. The van der Waals surface area contributed by atoms with Crippen molar-refractivity contribution in [3.63, 3.8) is 0 Å². The van der Waals surface area contributed by atoms with E-state index >= 15 is 0 Å². The molecule has 0 spiro atoms. The van der Waals surface area contributed by atoms with E-state index in [0.29, 0.717) is 11.8 Å². The predicted octanol–water partition coefficient (Wildman–Crippen LogP) is 0.342. The Morgan fingerprint density at radius 2 is 2.23 bits per heavy atom. The van der Waals surface area contributed by atoms with Gasteiger partial charge in [-0.3, -0.25) is 4.79 Å². The van der Waals surface area contributed by atoms with Gasteiger partial charge in [0.25, 0.3) is 0 Å². The van der Waals surface area contributed by atoms with E-state index in [1.54, 1.807) is 0 Å². The van der Waals surface area contributed by atoms with Crippen molar-refractivity contribution in [1.82, 2.24) is 0 Å². The van der Waals surface area contributed by atoms with Gasteiger partial charge in [-0.1, -0.05) is 12.2 Å². The highest BCUT2D eigenvalue weighted by Crippen LogP contribution is 2.53. The third-order valence-electron chi connectivity index (χ3n) is 3.67. The van der Waals surface area contributed by atoms with Gasteiger partial charge >= 0.3 is 5.97 Å². The molecular weight excluding hydrogens is 168 g/mol. The molecule has 0 unspecified atom stereocenters. The fraction of sp³-hybridized carbons (Fsp3) is 0.700. The van der Waals surface area contributed by atoms with Gasteiger partial charge in [0.1, 0.15) is 6.10 Å². The summed E-state index contributed by atoms with van der Waals surface area (Å²) in [5.41, 5.74) is 0. The van der Waals surface area contributed by atoms with Gasteiger partial charge in [-0.05, 0) is 18.3 Å². The number of fused-ring (bicyclic) bond motifs is 5. The van der Waals surface area contributed by atoms with Crippen LogP contribution < -0.4 is 0 Å². The fourth-order valence-corrected chi connectivity index (χ4v) is 3.16. The third kappa shape index (κ3) is 0.804. The highest BCUT2D eigenvalue weighted by molar-refractivity contribution is 5.77. The molecule has 3 heteroatoms. The number of esters is 1. The Labute approximate surface area is 76.4 Å². The molecule has 2 aliphatic carbocycles. The number of ether oxygens (including phenoxy) is 1. The third-order valence-corrected chi connectivity index (χ3v) is 3.67. The lowest BCUT2D eigenvalue weighted by Gasteiger charge is -2.19. The maximum absolute atomic E-state index is 11.4. The molecule has 70 valence electrons. The van der Waals surface area contributed by atoms with Gasteiger partial charge in [0, 0.05) is 5.92 Å². The molecule has 5 atom stereocenters. The van der Waals surface area contributed by atoms with Crippen LogP contribution in [0.5, 0.6) is 0 Å². The molecule has 3 nitrogen and oxygen atoms in total. The molecular formula is C10H12O3. The molecule has 2 fully saturated rings. The van der Waals surface area contributed by atoms with Gasteiger partial charge in [-0.25, -0.2) is 0 Å². The Morgan fingerprint density at radius 1 is 1.46 bits per heavy atom. The van der Waals surface area contributed by atoms with Crippen LogP contribution in [0.25, 0.3) is 0 Å². The lowest BCUT2D eigenvalue weighted by Crippen LogP contribution is -2.27. The average Bonchev–Trinajstić information content (AvgIpc) is 2.76. The topological polar surface area (TPSA) is 46.5 Å². The smallest absolute Gasteiger partial charge is 0.310 e. The Balaban J connectivity index is 1.97. The zero-order chi connectivity index (χ0) is 9.00. The molecule has 1 heterocycles. The van der Waals surface area contributed by atoms with Gasteiger partial charge in [0.05, 0.1) is 12.5 Å². The summed E-state index contributed by atoms with van der Waals surface area (Å²) in [5, 5.41) is 9.06. The number of carbonyl (C=O) groups is 1. The second-order valence-corrected chi connectivity index (χ2v) is 4.21. The normalized spacial score (nSPS) is 51.2. The number of hydrogen-bond acceptors (Lipinski definition) is 3. The minimum Gasteiger partial charge on any atom is -0.459 e. The first-order valence-electron chi connectivity index (χ1n) is 4.81. The molecule has 2 bridgehead atoms. The molecule has 0 aromatic carbocycles. The van der Waals surface area contributed by atoms with Crippen molar-refractivity contribution < 1.29 is 14.6 Å². The van der Waals surface area contributed by atoms with E-state index in [4.69, 9.17) is 9.84 Å². The van der Waals surface area contributed by atoms with Crippen LogP contribution in [-0.4, -0.2) is 23.8 Å². The first-order chi connectivity index (χ1) is 6.31. The molecule has 0 aromatic heterocycles. The van der Waals surface area contributed by atoms with E-state index < -0.39 is 0 Å². The summed E-state index contributed by atoms with van der Waals surface area (Å²) in [6.45, 7) is -0.0238. The van der Waals surface area contributed by atoms with Crippen molar-refractivity contribution in [1.29, 1.82) is 0 Å². The zero-order valence-corrected chi connectivity index (χ0v) is 7.22. The molecule has 1 saturated carbocycles. The monoisotopic (exact) mass is 180 g/mol. The van der Waals surface area contributed by atoms with Crippen molar-refractivity contribution in [3.05, 3.63) is 12.2 Å². The quantitative estimate of drug-likeness (QED) is 0.467. The Hall–Kier alpha value is -0.830. The molecule has 3 rings (SSSR count). The molecule has 1 N–H and O–H groups in total. The van der Waals surface area contributed by atoms with Gasteiger partial charge in [0.2, 0.25) is 0 Å².